The Bertz CT molecular complexity index is 663. The number of thiazole rings is 1. The molecule has 1 aromatic heterocycles. The second-order valence-electron chi connectivity index (χ2n) is 5.23. The van der Waals surface area contributed by atoms with E-state index in [0.717, 1.165) is 16.3 Å². The summed E-state index contributed by atoms with van der Waals surface area (Å²) >= 11 is 1.42. The van der Waals surface area contributed by atoms with Gasteiger partial charge in [0.05, 0.1) is 23.9 Å². The number of nitrogens with zero attached hydrogens (tertiary/aromatic N) is 2. The van der Waals surface area contributed by atoms with Crippen molar-refractivity contribution in [1.82, 2.24) is 9.88 Å². The summed E-state index contributed by atoms with van der Waals surface area (Å²) < 4.78 is 18.2. The molecule has 1 aliphatic heterocycles. The number of benzene rings is 1. The molecule has 2 aromatic rings. The smallest absolute Gasteiger partial charge is 0.266 e. The topological polar surface area (TPSA) is 42.4 Å². The lowest BCUT2D eigenvalue weighted by atomic mass is 10.1. The summed E-state index contributed by atoms with van der Waals surface area (Å²) in [7, 11) is 0. The lowest BCUT2D eigenvalue weighted by molar-refractivity contribution is 0.0305. The van der Waals surface area contributed by atoms with Crippen LogP contribution < -0.4 is 0 Å². The predicted octanol–water partition coefficient (Wildman–Crippen LogP) is 2.65. The van der Waals surface area contributed by atoms with Crippen molar-refractivity contribution in [2.45, 2.75) is 13.3 Å². The maximum Gasteiger partial charge on any atom is 0.266 e. The average Bonchev–Trinajstić information content (AvgIpc) is 2.90. The first kappa shape index (κ1) is 15.1. The standard InChI is InChI=1S/C16H17FN2O2S/c1-11-15(16(20)19-6-8-21-9-7-19)22-14(18-11)10-12-2-4-13(17)5-3-12/h2-5H,6-10H2,1H3. The zero-order chi connectivity index (χ0) is 15.5. The van der Waals surface area contributed by atoms with Crippen LogP contribution in [0.4, 0.5) is 4.39 Å². The Morgan fingerprint density at radius 2 is 2.00 bits per heavy atom. The summed E-state index contributed by atoms with van der Waals surface area (Å²) in [6, 6.07) is 6.37. The molecule has 116 valence electrons. The Labute approximate surface area is 132 Å². The Hall–Kier alpha value is -1.79. The van der Waals surface area contributed by atoms with E-state index in [0.29, 0.717) is 37.6 Å². The van der Waals surface area contributed by atoms with Gasteiger partial charge in [0.1, 0.15) is 10.7 Å². The van der Waals surface area contributed by atoms with Crippen molar-refractivity contribution in [3.8, 4) is 0 Å². The molecule has 2 heterocycles. The number of hydrogen-bond acceptors (Lipinski definition) is 4. The van der Waals surface area contributed by atoms with E-state index in [1.807, 2.05) is 11.8 Å². The Morgan fingerprint density at radius 3 is 2.68 bits per heavy atom. The molecule has 1 amide bonds. The maximum absolute atomic E-state index is 12.9. The summed E-state index contributed by atoms with van der Waals surface area (Å²) in [6.07, 6.45) is 0.613. The summed E-state index contributed by atoms with van der Waals surface area (Å²) in [5.41, 5.74) is 1.75. The monoisotopic (exact) mass is 320 g/mol. The molecule has 0 saturated carbocycles. The molecule has 0 bridgehead atoms. The van der Waals surface area contributed by atoms with E-state index in [9.17, 15) is 9.18 Å². The van der Waals surface area contributed by atoms with E-state index in [1.54, 1.807) is 12.1 Å². The lowest BCUT2D eigenvalue weighted by Gasteiger charge is -2.26. The number of morpholine rings is 1. The maximum atomic E-state index is 12.9. The van der Waals surface area contributed by atoms with Gasteiger partial charge in [0, 0.05) is 19.5 Å². The summed E-state index contributed by atoms with van der Waals surface area (Å²) in [6.45, 7) is 4.29. The van der Waals surface area contributed by atoms with Crippen LogP contribution in [0.25, 0.3) is 0 Å². The van der Waals surface area contributed by atoms with Gasteiger partial charge in [-0.15, -0.1) is 11.3 Å². The normalized spacial score (nSPS) is 15.1. The van der Waals surface area contributed by atoms with Crippen LogP contribution in [0.5, 0.6) is 0 Å². The van der Waals surface area contributed by atoms with Crippen molar-refractivity contribution >= 4 is 17.2 Å². The third kappa shape index (κ3) is 3.34. The van der Waals surface area contributed by atoms with Gasteiger partial charge in [0.2, 0.25) is 0 Å². The van der Waals surface area contributed by atoms with Crippen LogP contribution in [0.2, 0.25) is 0 Å². The second kappa shape index (κ2) is 6.54. The minimum Gasteiger partial charge on any atom is -0.378 e. The van der Waals surface area contributed by atoms with Crippen LogP contribution >= 0.6 is 11.3 Å². The van der Waals surface area contributed by atoms with Crippen molar-refractivity contribution < 1.29 is 13.9 Å². The van der Waals surface area contributed by atoms with Gasteiger partial charge in [-0.3, -0.25) is 4.79 Å². The number of carbonyl (C=O) groups excluding carboxylic acids is 1. The number of amides is 1. The first-order chi connectivity index (χ1) is 10.6. The lowest BCUT2D eigenvalue weighted by Crippen LogP contribution is -2.40. The highest BCUT2D eigenvalue weighted by atomic mass is 32.1. The second-order valence-corrected chi connectivity index (χ2v) is 6.31. The number of aromatic nitrogens is 1. The molecule has 1 saturated heterocycles. The first-order valence-corrected chi connectivity index (χ1v) is 8.03. The number of aryl methyl sites for hydroxylation is 1. The van der Waals surface area contributed by atoms with E-state index in [1.165, 1.54) is 23.5 Å². The third-order valence-corrected chi connectivity index (χ3v) is 4.75. The molecular formula is C16H17FN2O2S. The van der Waals surface area contributed by atoms with Crippen LogP contribution in [0, 0.1) is 12.7 Å². The average molecular weight is 320 g/mol. The highest BCUT2D eigenvalue weighted by Gasteiger charge is 2.23. The van der Waals surface area contributed by atoms with Gasteiger partial charge in [-0.1, -0.05) is 12.1 Å². The molecule has 0 spiro atoms. The molecule has 6 heteroatoms. The Kier molecular flexibility index (Phi) is 4.49. The van der Waals surface area contributed by atoms with E-state index in [-0.39, 0.29) is 11.7 Å². The predicted molar refractivity (Wildman–Crippen MR) is 82.8 cm³/mol. The molecule has 0 N–H and O–H groups in total. The molecule has 0 unspecified atom stereocenters. The molecule has 0 atom stereocenters. The van der Waals surface area contributed by atoms with Crippen molar-refractivity contribution in [1.29, 1.82) is 0 Å². The zero-order valence-electron chi connectivity index (χ0n) is 12.3. The molecule has 1 aromatic carbocycles. The fraction of sp³-hybridized carbons (Fsp3) is 0.375. The Morgan fingerprint density at radius 1 is 1.32 bits per heavy atom. The molecule has 3 rings (SSSR count). The number of carbonyl (C=O) groups is 1. The van der Waals surface area contributed by atoms with Crippen molar-refractivity contribution in [2.24, 2.45) is 0 Å². The van der Waals surface area contributed by atoms with E-state index >= 15 is 0 Å². The fourth-order valence-corrected chi connectivity index (χ4v) is 3.48. The van der Waals surface area contributed by atoms with Crippen molar-refractivity contribution in [3.05, 3.63) is 51.2 Å². The molecule has 4 nitrogen and oxygen atoms in total. The van der Waals surface area contributed by atoms with E-state index in [2.05, 4.69) is 4.98 Å². The van der Waals surface area contributed by atoms with Crippen LogP contribution in [0.3, 0.4) is 0 Å². The van der Waals surface area contributed by atoms with Gasteiger partial charge in [-0.05, 0) is 24.6 Å². The number of hydrogen-bond donors (Lipinski definition) is 0. The van der Waals surface area contributed by atoms with Crippen molar-refractivity contribution in [3.63, 3.8) is 0 Å². The van der Waals surface area contributed by atoms with Gasteiger partial charge in [-0.25, -0.2) is 9.37 Å². The van der Waals surface area contributed by atoms with Crippen LogP contribution in [0.15, 0.2) is 24.3 Å². The minimum absolute atomic E-state index is 0.0312. The summed E-state index contributed by atoms with van der Waals surface area (Å²) in [5, 5.41) is 0.876. The molecule has 1 fully saturated rings. The number of halogens is 1. The van der Waals surface area contributed by atoms with Crippen LogP contribution in [0.1, 0.15) is 25.9 Å². The molecular weight excluding hydrogens is 303 g/mol. The summed E-state index contributed by atoms with van der Waals surface area (Å²) in [4.78, 5) is 19.5. The fourth-order valence-electron chi connectivity index (χ4n) is 2.41. The molecule has 0 radical (unpaired) electrons. The molecule has 22 heavy (non-hydrogen) atoms. The van der Waals surface area contributed by atoms with Gasteiger partial charge >= 0.3 is 0 Å². The minimum atomic E-state index is -0.248. The van der Waals surface area contributed by atoms with Gasteiger partial charge in [-0.2, -0.15) is 0 Å². The first-order valence-electron chi connectivity index (χ1n) is 7.21. The highest BCUT2D eigenvalue weighted by molar-refractivity contribution is 7.13. The zero-order valence-corrected chi connectivity index (χ0v) is 13.2. The van der Waals surface area contributed by atoms with Gasteiger partial charge in [0.15, 0.2) is 0 Å². The molecule has 1 aliphatic rings. The Balaban J connectivity index is 1.75. The largest absolute Gasteiger partial charge is 0.378 e. The van der Waals surface area contributed by atoms with E-state index in [4.69, 9.17) is 4.74 Å². The number of ether oxygens (including phenoxy) is 1. The van der Waals surface area contributed by atoms with Crippen LogP contribution in [-0.2, 0) is 11.2 Å². The van der Waals surface area contributed by atoms with Gasteiger partial charge < -0.3 is 9.64 Å². The highest BCUT2D eigenvalue weighted by Crippen LogP contribution is 2.23. The van der Waals surface area contributed by atoms with E-state index < -0.39 is 0 Å². The number of rotatable bonds is 3. The van der Waals surface area contributed by atoms with Crippen molar-refractivity contribution in [2.75, 3.05) is 26.3 Å². The van der Waals surface area contributed by atoms with Gasteiger partial charge in [0.25, 0.3) is 5.91 Å². The summed E-state index contributed by atoms with van der Waals surface area (Å²) in [5.74, 6) is -0.217. The third-order valence-electron chi connectivity index (χ3n) is 3.60. The SMILES string of the molecule is Cc1nc(Cc2ccc(F)cc2)sc1C(=O)N1CCOCC1. The quantitative estimate of drug-likeness (QED) is 0.873. The molecule has 0 aliphatic carbocycles. The van der Waals surface area contributed by atoms with Crippen LogP contribution in [-0.4, -0.2) is 42.1 Å².